The van der Waals surface area contributed by atoms with Gasteiger partial charge in [-0.05, 0) is 38.6 Å². The van der Waals surface area contributed by atoms with E-state index in [9.17, 15) is 4.79 Å². The third-order valence-electron chi connectivity index (χ3n) is 2.00. The first-order valence-electron chi connectivity index (χ1n) is 5.67. The summed E-state index contributed by atoms with van der Waals surface area (Å²) in [6.07, 6.45) is -0.0428. The minimum Gasteiger partial charge on any atom is -0.462 e. The number of hydrogen-bond acceptors (Lipinski definition) is 4. The zero-order chi connectivity index (χ0) is 12.7. The van der Waals surface area contributed by atoms with Crippen molar-refractivity contribution in [1.82, 2.24) is 5.32 Å². The lowest BCUT2D eigenvalue weighted by molar-refractivity contribution is -0.144. The van der Waals surface area contributed by atoms with E-state index in [1.54, 1.807) is 0 Å². The van der Waals surface area contributed by atoms with Gasteiger partial charge in [0.2, 0.25) is 0 Å². The molecule has 0 aliphatic carbocycles. The highest BCUT2D eigenvalue weighted by Crippen LogP contribution is 2.19. The monoisotopic (exact) mass is 253 g/mol. The van der Waals surface area contributed by atoms with E-state index in [2.05, 4.69) is 17.4 Å². The Labute approximate surface area is 107 Å². The number of rotatable bonds is 6. The second-order valence-electron chi connectivity index (χ2n) is 4.01. The van der Waals surface area contributed by atoms with Gasteiger partial charge in [-0.15, -0.1) is 11.8 Å². The Morgan fingerprint density at radius 3 is 2.88 bits per heavy atom. The molecule has 0 heterocycles. The van der Waals surface area contributed by atoms with E-state index in [0.29, 0.717) is 5.75 Å². The van der Waals surface area contributed by atoms with Gasteiger partial charge in [0.25, 0.3) is 0 Å². The quantitative estimate of drug-likeness (QED) is 0.624. The van der Waals surface area contributed by atoms with Crippen LogP contribution in [0.3, 0.4) is 0 Å². The minimum absolute atomic E-state index is 0.0428. The van der Waals surface area contributed by atoms with Crippen LogP contribution >= 0.6 is 11.8 Å². The number of benzene rings is 1. The molecule has 17 heavy (non-hydrogen) atoms. The van der Waals surface area contributed by atoms with Crippen LogP contribution < -0.4 is 5.32 Å². The number of nitrogens with one attached hydrogen (secondary N) is 1. The van der Waals surface area contributed by atoms with Crippen LogP contribution in [0, 0.1) is 0 Å². The maximum atomic E-state index is 11.4. The Morgan fingerprint density at radius 1 is 1.47 bits per heavy atom. The Morgan fingerprint density at radius 2 is 2.24 bits per heavy atom. The van der Waals surface area contributed by atoms with Gasteiger partial charge in [0, 0.05) is 11.4 Å². The van der Waals surface area contributed by atoms with Crippen molar-refractivity contribution in [3.8, 4) is 0 Å². The lowest BCUT2D eigenvalue weighted by Gasteiger charge is -2.08. The van der Waals surface area contributed by atoms with E-state index >= 15 is 0 Å². The fourth-order valence-corrected chi connectivity index (χ4v) is 2.15. The number of carbonyl (C=O) groups excluding carboxylic acids is 1. The molecule has 0 unspecified atom stereocenters. The molecule has 3 nitrogen and oxygen atoms in total. The molecule has 1 rings (SSSR count). The first-order chi connectivity index (χ1) is 8.11. The molecule has 0 atom stereocenters. The largest absolute Gasteiger partial charge is 0.462 e. The number of thioether (sulfide) groups is 1. The van der Waals surface area contributed by atoms with Crippen molar-refractivity contribution in [3.63, 3.8) is 0 Å². The second-order valence-corrected chi connectivity index (χ2v) is 5.05. The first-order valence-corrected chi connectivity index (χ1v) is 6.66. The van der Waals surface area contributed by atoms with Crippen LogP contribution in [0.5, 0.6) is 0 Å². The highest BCUT2D eigenvalue weighted by molar-refractivity contribution is 8.00. The Hall–Kier alpha value is -1.00. The molecule has 0 aliphatic heterocycles. The molecule has 0 aromatic heterocycles. The van der Waals surface area contributed by atoms with Crippen LogP contribution in [0.25, 0.3) is 0 Å². The number of hydrogen-bond donors (Lipinski definition) is 1. The summed E-state index contributed by atoms with van der Waals surface area (Å²) in [5.41, 5.74) is 1.22. The summed E-state index contributed by atoms with van der Waals surface area (Å²) in [5, 5.41) is 3.10. The maximum absolute atomic E-state index is 11.4. The fourth-order valence-electron chi connectivity index (χ4n) is 1.39. The molecular formula is C13H19NO2S. The van der Waals surface area contributed by atoms with Gasteiger partial charge in [0.15, 0.2) is 0 Å². The van der Waals surface area contributed by atoms with Crippen LogP contribution in [-0.2, 0) is 16.1 Å². The first kappa shape index (κ1) is 14.1. The van der Waals surface area contributed by atoms with E-state index < -0.39 is 0 Å². The van der Waals surface area contributed by atoms with E-state index in [1.807, 2.05) is 33.0 Å². The summed E-state index contributed by atoms with van der Waals surface area (Å²) >= 11 is 1.51. The van der Waals surface area contributed by atoms with Crippen molar-refractivity contribution < 1.29 is 9.53 Å². The van der Waals surface area contributed by atoms with E-state index in [0.717, 1.165) is 11.4 Å². The standard InChI is InChI=1S/C13H19NO2S/c1-10(2)16-13(15)9-17-12-6-4-5-11(7-12)8-14-3/h4-7,10,14H,8-9H2,1-3H3. The van der Waals surface area contributed by atoms with Gasteiger partial charge in [-0.3, -0.25) is 4.79 Å². The molecule has 0 aliphatic rings. The molecule has 1 N–H and O–H groups in total. The van der Waals surface area contributed by atoms with Crippen LogP contribution in [0.15, 0.2) is 29.2 Å². The summed E-state index contributed by atoms with van der Waals surface area (Å²) in [6, 6.07) is 8.16. The van der Waals surface area contributed by atoms with Crippen LogP contribution in [0.4, 0.5) is 0 Å². The van der Waals surface area contributed by atoms with Crippen molar-refractivity contribution in [2.45, 2.75) is 31.4 Å². The van der Waals surface area contributed by atoms with Crippen LogP contribution in [-0.4, -0.2) is 24.9 Å². The molecule has 4 heteroatoms. The molecule has 0 bridgehead atoms. The van der Waals surface area contributed by atoms with Gasteiger partial charge in [0.1, 0.15) is 0 Å². The van der Waals surface area contributed by atoms with Crippen LogP contribution in [0.1, 0.15) is 19.4 Å². The molecular weight excluding hydrogens is 234 g/mol. The maximum Gasteiger partial charge on any atom is 0.316 e. The average Bonchev–Trinajstić information content (AvgIpc) is 2.26. The summed E-state index contributed by atoms with van der Waals surface area (Å²) in [7, 11) is 1.92. The van der Waals surface area contributed by atoms with Gasteiger partial charge in [0.05, 0.1) is 11.9 Å². The third-order valence-corrected chi connectivity index (χ3v) is 2.97. The van der Waals surface area contributed by atoms with Gasteiger partial charge in [-0.1, -0.05) is 12.1 Å². The molecule has 0 spiro atoms. The SMILES string of the molecule is CNCc1cccc(SCC(=O)OC(C)C)c1. The summed E-state index contributed by atoms with van der Waals surface area (Å²) in [6.45, 7) is 4.55. The van der Waals surface area contributed by atoms with Gasteiger partial charge in [-0.2, -0.15) is 0 Å². The second kappa shape index (κ2) is 7.35. The normalized spacial score (nSPS) is 10.6. The van der Waals surface area contributed by atoms with E-state index in [-0.39, 0.29) is 12.1 Å². The van der Waals surface area contributed by atoms with Crippen molar-refractivity contribution >= 4 is 17.7 Å². The lowest BCUT2D eigenvalue weighted by Crippen LogP contribution is -2.13. The molecule has 0 saturated carbocycles. The fraction of sp³-hybridized carbons (Fsp3) is 0.462. The zero-order valence-corrected chi connectivity index (χ0v) is 11.3. The topological polar surface area (TPSA) is 38.3 Å². The van der Waals surface area contributed by atoms with Crippen molar-refractivity contribution in [2.75, 3.05) is 12.8 Å². The summed E-state index contributed by atoms with van der Waals surface area (Å²) < 4.78 is 5.08. The minimum atomic E-state index is -0.163. The average molecular weight is 253 g/mol. The Balaban J connectivity index is 2.45. The number of ether oxygens (including phenoxy) is 1. The van der Waals surface area contributed by atoms with Crippen molar-refractivity contribution in [3.05, 3.63) is 29.8 Å². The highest BCUT2D eigenvalue weighted by Gasteiger charge is 2.06. The molecule has 1 aromatic carbocycles. The predicted octanol–water partition coefficient (Wildman–Crippen LogP) is 2.45. The van der Waals surface area contributed by atoms with Crippen molar-refractivity contribution in [2.24, 2.45) is 0 Å². The Bertz CT molecular complexity index is 366. The smallest absolute Gasteiger partial charge is 0.316 e. The van der Waals surface area contributed by atoms with Gasteiger partial charge < -0.3 is 10.1 Å². The molecule has 94 valence electrons. The number of esters is 1. The van der Waals surface area contributed by atoms with Crippen molar-refractivity contribution in [1.29, 1.82) is 0 Å². The van der Waals surface area contributed by atoms with E-state index in [4.69, 9.17) is 4.74 Å². The van der Waals surface area contributed by atoms with Gasteiger partial charge >= 0.3 is 5.97 Å². The van der Waals surface area contributed by atoms with Gasteiger partial charge in [-0.25, -0.2) is 0 Å². The predicted molar refractivity (Wildman–Crippen MR) is 71.2 cm³/mol. The molecule has 0 fully saturated rings. The zero-order valence-electron chi connectivity index (χ0n) is 10.5. The number of carbonyl (C=O) groups is 1. The molecule has 0 saturated heterocycles. The molecule has 0 radical (unpaired) electrons. The molecule has 0 amide bonds. The summed E-state index contributed by atoms with van der Waals surface area (Å²) in [4.78, 5) is 12.5. The lowest BCUT2D eigenvalue weighted by atomic mass is 10.2. The molecule has 1 aromatic rings. The third kappa shape index (κ3) is 5.75. The summed E-state index contributed by atoms with van der Waals surface area (Å²) in [5.74, 6) is 0.199. The highest BCUT2D eigenvalue weighted by atomic mass is 32.2. The van der Waals surface area contributed by atoms with E-state index in [1.165, 1.54) is 17.3 Å². The van der Waals surface area contributed by atoms with Crippen LogP contribution in [0.2, 0.25) is 0 Å². The Kier molecular flexibility index (Phi) is 6.08.